The molecule has 0 heterocycles. The van der Waals surface area contributed by atoms with Crippen LogP contribution in [0.3, 0.4) is 0 Å². The molecule has 0 aliphatic heterocycles. The van der Waals surface area contributed by atoms with Crippen molar-refractivity contribution >= 4 is 0 Å². The van der Waals surface area contributed by atoms with Gasteiger partial charge in [0.15, 0.2) is 0 Å². The lowest BCUT2D eigenvalue weighted by Gasteiger charge is -1.91. The number of nitrogens with two attached hydrogens (primary N) is 1. The van der Waals surface area contributed by atoms with E-state index < -0.39 is 0 Å². The van der Waals surface area contributed by atoms with Crippen molar-refractivity contribution in [2.45, 2.75) is 6.42 Å². The van der Waals surface area contributed by atoms with Crippen molar-refractivity contribution in [2.24, 2.45) is 5.73 Å². The van der Waals surface area contributed by atoms with Crippen molar-refractivity contribution in [1.29, 1.82) is 0 Å². The van der Waals surface area contributed by atoms with Gasteiger partial charge >= 0.3 is 0 Å². The summed E-state index contributed by atoms with van der Waals surface area (Å²) in [5.41, 5.74) is 9.58. The Bertz CT molecular complexity index is 268. The molecule has 62 valence electrons. The summed E-state index contributed by atoms with van der Waals surface area (Å²) >= 11 is 0. The van der Waals surface area contributed by atoms with Gasteiger partial charge in [0.2, 0.25) is 0 Å². The van der Waals surface area contributed by atoms with Crippen LogP contribution in [0.25, 0.3) is 0 Å². The predicted octanol–water partition coefficient (Wildman–Crippen LogP) is 1.90. The number of hydrogen-bond donors (Lipinski definition) is 1. The summed E-state index contributed by atoms with van der Waals surface area (Å²) in [4.78, 5) is 0. The Kier molecular flexibility index (Phi) is 3.93. The van der Waals surface area contributed by atoms with Gasteiger partial charge in [-0.2, -0.15) is 0 Å². The van der Waals surface area contributed by atoms with Gasteiger partial charge in [-0.05, 0) is 24.1 Å². The van der Waals surface area contributed by atoms with Crippen LogP contribution in [-0.2, 0) is 6.42 Å². The Morgan fingerprint density at radius 2 is 1.92 bits per heavy atom. The minimum absolute atomic E-state index is 0.561. The maximum absolute atomic E-state index is 5.27. The van der Waals surface area contributed by atoms with Gasteiger partial charge in [-0.1, -0.05) is 30.3 Å². The molecule has 1 aromatic carbocycles. The lowest BCUT2D eigenvalue weighted by atomic mass is 10.1. The molecule has 0 aromatic heterocycles. The topological polar surface area (TPSA) is 26.0 Å². The zero-order chi connectivity index (χ0) is 8.65. The lowest BCUT2D eigenvalue weighted by molar-refractivity contribution is 1.24. The van der Waals surface area contributed by atoms with Gasteiger partial charge in [0.05, 0.1) is 0 Å². The monoisotopic (exact) mass is 159 g/mol. The second-order valence-electron chi connectivity index (χ2n) is 2.50. The fraction of sp³-hybridized carbons (Fsp3) is 0.182. The molecule has 1 rings (SSSR count). The van der Waals surface area contributed by atoms with Gasteiger partial charge in [-0.3, -0.25) is 0 Å². The van der Waals surface area contributed by atoms with Crippen LogP contribution >= 0.6 is 0 Å². The first-order chi connectivity index (χ1) is 5.93. The standard InChI is InChI=1S/C11H13N/c12-10-6-2-5-9-11-7-3-1-4-8-11/h1,3-8H,9-10,12H2. The molecule has 1 heteroatoms. The minimum atomic E-state index is 0.561. The Labute approximate surface area is 73.2 Å². The van der Waals surface area contributed by atoms with Crippen LogP contribution in [-0.4, -0.2) is 6.54 Å². The molecule has 0 saturated carbocycles. The van der Waals surface area contributed by atoms with E-state index in [-0.39, 0.29) is 0 Å². The highest BCUT2D eigenvalue weighted by atomic mass is 14.5. The van der Waals surface area contributed by atoms with E-state index in [1.54, 1.807) is 0 Å². The first-order valence-electron chi connectivity index (χ1n) is 4.07. The zero-order valence-corrected chi connectivity index (χ0v) is 7.03. The number of rotatable bonds is 3. The third kappa shape index (κ3) is 3.20. The molecule has 2 N–H and O–H groups in total. The van der Waals surface area contributed by atoms with Crippen LogP contribution in [0.15, 0.2) is 48.2 Å². The van der Waals surface area contributed by atoms with E-state index in [0.29, 0.717) is 6.54 Å². The molecule has 0 bridgehead atoms. The van der Waals surface area contributed by atoms with Crippen LogP contribution in [0.4, 0.5) is 0 Å². The molecule has 0 saturated heterocycles. The van der Waals surface area contributed by atoms with Crippen molar-refractivity contribution in [3.63, 3.8) is 0 Å². The van der Waals surface area contributed by atoms with E-state index in [4.69, 9.17) is 5.73 Å². The van der Waals surface area contributed by atoms with Crippen LogP contribution < -0.4 is 5.73 Å². The fourth-order valence-corrected chi connectivity index (χ4v) is 0.942. The molecule has 0 amide bonds. The summed E-state index contributed by atoms with van der Waals surface area (Å²) in [5.74, 6) is 0. The number of benzene rings is 1. The second kappa shape index (κ2) is 5.36. The van der Waals surface area contributed by atoms with Crippen molar-refractivity contribution in [3.05, 3.63) is 53.8 Å². The van der Waals surface area contributed by atoms with E-state index in [1.807, 2.05) is 30.4 Å². The van der Waals surface area contributed by atoms with Crippen LogP contribution in [0.5, 0.6) is 0 Å². The molecule has 0 aliphatic carbocycles. The van der Waals surface area contributed by atoms with E-state index >= 15 is 0 Å². The maximum Gasteiger partial charge on any atom is 0.0182 e. The van der Waals surface area contributed by atoms with Crippen molar-refractivity contribution in [1.82, 2.24) is 0 Å². The Hall–Kier alpha value is -1.30. The molecule has 0 atom stereocenters. The van der Waals surface area contributed by atoms with Crippen molar-refractivity contribution in [3.8, 4) is 0 Å². The quantitative estimate of drug-likeness (QED) is 0.670. The zero-order valence-electron chi connectivity index (χ0n) is 7.03. The molecule has 1 aromatic rings. The van der Waals surface area contributed by atoms with E-state index in [1.165, 1.54) is 5.56 Å². The first kappa shape index (κ1) is 8.79. The van der Waals surface area contributed by atoms with Gasteiger partial charge < -0.3 is 5.73 Å². The van der Waals surface area contributed by atoms with E-state index in [2.05, 4.69) is 17.9 Å². The Morgan fingerprint density at radius 1 is 1.17 bits per heavy atom. The van der Waals surface area contributed by atoms with Gasteiger partial charge in [-0.15, -0.1) is 5.73 Å². The summed E-state index contributed by atoms with van der Waals surface area (Å²) in [6.45, 7) is 0.561. The molecule has 0 aliphatic rings. The van der Waals surface area contributed by atoms with Crippen molar-refractivity contribution in [2.75, 3.05) is 6.54 Å². The van der Waals surface area contributed by atoms with Gasteiger partial charge in [0.1, 0.15) is 0 Å². The minimum Gasteiger partial charge on any atom is -0.326 e. The summed E-state index contributed by atoms with van der Waals surface area (Å²) in [5, 5.41) is 0. The summed E-state index contributed by atoms with van der Waals surface area (Å²) in [7, 11) is 0. The molecule has 1 nitrogen and oxygen atoms in total. The molecule has 0 fully saturated rings. The molecular formula is C11H13N. The Morgan fingerprint density at radius 3 is 2.58 bits per heavy atom. The molecule has 12 heavy (non-hydrogen) atoms. The molecular weight excluding hydrogens is 146 g/mol. The molecule has 0 unspecified atom stereocenters. The SMILES string of the molecule is NCC=C=CCc1ccccc1. The average molecular weight is 159 g/mol. The summed E-state index contributed by atoms with van der Waals surface area (Å²) in [6.07, 6.45) is 4.74. The summed E-state index contributed by atoms with van der Waals surface area (Å²) < 4.78 is 0. The molecule has 0 spiro atoms. The normalized spacial score (nSPS) is 8.75. The highest BCUT2D eigenvalue weighted by Gasteiger charge is 1.83. The Balaban J connectivity index is 2.49. The fourth-order valence-electron chi connectivity index (χ4n) is 0.942. The molecule has 0 radical (unpaired) electrons. The average Bonchev–Trinajstić information content (AvgIpc) is 2.14. The third-order valence-electron chi connectivity index (χ3n) is 1.53. The van der Waals surface area contributed by atoms with E-state index in [9.17, 15) is 0 Å². The highest BCUT2D eigenvalue weighted by Crippen LogP contribution is 1.98. The van der Waals surface area contributed by atoms with Gasteiger partial charge in [0, 0.05) is 6.54 Å². The van der Waals surface area contributed by atoms with Gasteiger partial charge in [-0.25, -0.2) is 0 Å². The second-order valence-corrected chi connectivity index (χ2v) is 2.50. The van der Waals surface area contributed by atoms with E-state index in [0.717, 1.165) is 6.42 Å². The highest BCUT2D eigenvalue weighted by molar-refractivity contribution is 5.17. The van der Waals surface area contributed by atoms with Crippen LogP contribution in [0, 0.1) is 0 Å². The largest absolute Gasteiger partial charge is 0.326 e. The number of hydrogen-bond acceptors (Lipinski definition) is 1. The van der Waals surface area contributed by atoms with Crippen molar-refractivity contribution < 1.29 is 0 Å². The predicted molar refractivity (Wildman–Crippen MR) is 51.9 cm³/mol. The first-order valence-corrected chi connectivity index (χ1v) is 4.07. The smallest absolute Gasteiger partial charge is 0.0182 e. The third-order valence-corrected chi connectivity index (χ3v) is 1.53. The summed E-state index contributed by atoms with van der Waals surface area (Å²) in [6, 6.07) is 10.3. The lowest BCUT2D eigenvalue weighted by Crippen LogP contribution is -1.90. The van der Waals surface area contributed by atoms with Gasteiger partial charge in [0.25, 0.3) is 0 Å². The van der Waals surface area contributed by atoms with Crippen LogP contribution in [0.1, 0.15) is 5.56 Å². The maximum atomic E-state index is 5.27. The van der Waals surface area contributed by atoms with Crippen LogP contribution in [0.2, 0.25) is 0 Å².